The highest BCUT2D eigenvalue weighted by atomic mass is 35.5. The van der Waals surface area contributed by atoms with Gasteiger partial charge < -0.3 is 9.88 Å². The van der Waals surface area contributed by atoms with Crippen LogP contribution in [0.4, 0.5) is 5.82 Å². The second-order valence-corrected chi connectivity index (χ2v) is 6.61. The molecule has 7 heteroatoms. The third-order valence-electron chi connectivity index (χ3n) is 4.35. The van der Waals surface area contributed by atoms with Crippen molar-refractivity contribution in [2.45, 2.75) is 32.2 Å². The summed E-state index contributed by atoms with van der Waals surface area (Å²) < 4.78 is 0. The Kier molecular flexibility index (Phi) is 4.13. The molecule has 128 valence electrons. The van der Waals surface area contributed by atoms with E-state index in [-0.39, 0.29) is 5.56 Å². The molecule has 1 saturated carbocycles. The van der Waals surface area contributed by atoms with Gasteiger partial charge in [-0.2, -0.15) is 0 Å². The predicted molar refractivity (Wildman–Crippen MR) is 98.1 cm³/mol. The van der Waals surface area contributed by atoms with E-state index in [9.17, 15) is 4.79 Å². The standard InChI is InChI=1S/C18H18ClN5O/c1-2-24(16-9-14(19)21-17(23-16)11-7-8-11)10-15-20-13-6-4-3-5-12(13)18(25)22-15/h3-6,9,11H,2,7-8,10H2,1H3,(H,20,22,25). The lowest BCUT2D eigenvalue weighted by molar-refractivity contribution is 0.758. The van der Waals surface area contributed by atoms with Crippen LogP contribution < -0.4 is 10.5 Å². The molecule has 3 aromatic rings. The zero-order valence-corrected chi connectivity index (χ0v) is 14.6. The van der Waals surface area contributed by atoms with Gasteiger partial charge in [0.1, 0.15) is 22.6 Å². The van der Waals surface area contributed by atoms with Gasteiger partial charge in [-0.15, -0.1) is 0 Å². The number of aromatic amines is 1. The number of hydrogen-bond donors (Lipinski definition) is 1. The fourth-order valence-corrected chi connectivity index (χ4v) is 3.04. The summed E-state index contributed by atoms with van der Waals surface area (Å²) in [5.41, 5.74) is 0.563. The lowest BCUT2D eigenvalue weighted by Gasteiger charge is -2.22. The largest absolute Gasteiger partial charge is 0.349 e. The first kappa shape index (κ1) is 16.0. The minimum absolute atomic E-state index is 0.129. The van der Waals surface area contributed by atoms with Gasteiger partial charge in [0.2, 0.25) is 0 Å². The first-order chi connectivity index (χ1) is 12.1. The van der Waals surface area contributed by atoms with Gasteiger partial charge in [0.05, 0.1) is 17.4 Å². The van der Waals surface area contributed by atoms with Crippen LogP contribution in [0.25, 0.3) is 10.9 Å². The van der Waals surface area contributed by atoms with E-state index in [1.54, 1.807) is 12.1 Å². The number of aromatic nitrogens is 4. The average molecular weight is 356 g/mol. The van der Waals surface area contributed by atoms with Crippen LogP contribution in [-0.2, 0) is 6.54 Å². The van der Waals surface area contributed by atoms with Crippen LogP contribution in [-0.4, -0.2) is 26.5 Å². The third kappa shape index (κ3) is 3.35. The number of anilines is 1. The lowest BCUT2D eigenvalue weighted by Crippen LogP contribution is -2.26. The maximum absolute atomic E-state index is 12.3. The number of hydrogen-bond acceptors (Lipinski definition) is 5. The molecule has 2 heterocycles. The number of H-pyrrole nitrogens is 1. The summed E-state index contributed by atoms with van der Waals surface area (Å²) in [5, 5.41) is 1.04. The fraction of sp³-hybridized carbons (Fsp3) is 0.333. The molecular formula is C18H18ClN5O. The van der Waals surface area contributed by atoms with Gasteiger partial charge in [0, 0.05) is 18.5 Å². The predicted octanol–water partition coefficient (Wildman–Crippen LogP) is 3.27. The number of nitrogens with one attached hydrogen (secondary N) is 1. The quantitative estimate of drug-likeness (QED) is 0.711. The summed E-state index contributed by atoms with van der Waals surface area (Å²) in [6.07, 6.45) is 2.23. The Morgan fingerprint density at radius 3 is 2.80 bits per heavy atom. The maximum Gasteiger partial charge on any atom is 0.258 e. The van der Waals surface area contributed by atoms with E-state index < -0.39 is 0 Å². The number of para-hydroxylation sites is 1. The van der Waals surface area contributed by atoms with Crippen molar-refractivity contribution in [1.82, 2.24) is 19.9 Å². The fourth-order valence-electron chi connectivity index (χ4n) is 2.85. The van der Waals surface area contributed by atoms with E-state index in [0.717, 1.165) is 24.5 Å². The van der Waals surface area contributed by atoms with Gasteiger partial charge in [-0.05, 0) is 31.9 Å². The minimum Gasteiger partial charge on any atom is -0.349 e. The molecule has 6 nitrogen and oxygen atoms in total. The molecular weight excluding hydrogens is 338 g/mol. The molecule has 0 radical (unpaired) electrons. The summed E-state index contributed by atoms with van der Waals surface area (Å²) in [6.45, 7) is 3.20. The zero-order chi connectivity index (χ0) is 17.4. The highest BCUT2D eigenvalue weighted by Gasteiger charge is 2.27. The highest BCUT2D eigenvalue weighted by molar-refractivity contribution is 6.29. The third-order valence-corrected chi connectivity index (χ3v) is 4.54. The lowest BCUT2D eigenvalue weighted by atomic mass is 10.2. The van der Waals surface area contributed by atoms with Crippen molar-refractivity contribution < 1.29 is 0 Å². The molecule has 0 bridgehead atoms. The van der Waals surface area contributed by atoms with E-state index in [1.165, 1.54) is 0 Å². The van der Waals surface area contributed by atoms with E-state index in [0.29, 0.717) is 40.9 Å². The number of nitrogens with zero attached hydrogens (tertiary/aromatic N) is 4. The molecule has 2 aromatic heterocycles. The number of benzene rings is 1. The van der Waals surface area contributed by atoms with Crippen LogP contribution in [0.2, 0.25) is 5.15 Å². The molecule has 1 N–H and O–H groups in total. The van der Waals surface area contributed by atoms with Crippen LogP contribution in [0.1, 0.15) is 37.3 Å². The summed E-state index contributed by atoms with van der Waals surface area (Å²) >= 11 is 6.18. The molecule has 25 heavy (non-hydrogen) atoms. The Morgan fingerprint density at radius 2 is 2.04 bits per heavy atom. The van der Waals surface area contributed by atoms with Crippen molar-refractivity contribution >= 4 is 28.3 Å². The first-order valence-corrected chi connectivity index (χ1v) is 8.79. The van der Waals surface area contributed by atoms with E-state index in [1.807, 2.05) is 30.0 Å². The molecule has 1 aromatic carbocycles. The molecule has 1 aliphatic rings. The van der Waals surface area contributed by atoms with Crippen LogP contribution in [0, 0.1) is 0 Å². The minimum atomic E-state index is -0.129. The van der Waals surface area contributed by atoms with Crippen molar-refractivity contribution in [3.63, 3.8) is 0 Å². The molecule has 0 amide bonds. The Labute approximate surface area is 149 Å². The molecule has 0 aliphatic heterocycles. The number of fused-ring (bicyclic) bond motifs is 1. The summed E-state index contributed by atoms with van der Waals surface area (Å²) in [7, 11) is 0. The monoisotopic (exact) mass is 355 g/mol. The molecule has 4 rings (SSSR count). The van der Waals surface area contributed by atoms with E-state index in [4.69, 9.17) is 11.6 Å². The molecule has 0 saturated heterocycles. The van der Waals surface area contributed by atoms with Crippen LogP contribution >= 0.6 is 11.6 Å². The van der Waals surface area contributed by atoms with Crippen molar-refractivity contribution in [3.8, 4) is 0 Å². The van der Waals surface area contributed by atoms with Crippen LogP contribution in [0.3, 0.4) is 0 Å². The summed E-state index contributed by atoms with van der Waals surface area (Å²) in [5.74, 6) is 2.60. The zero-order valence-electron chi connectivity index (χ0n) is 13.9. The second-order valence-electron chi connectivity index (χ2n) is 6.23. The first-order valence-electron chi connectivity index (χ1n) is 8.41. The van der Waals surface area contributed by atoms with Gasteiger partial charge in [-0.25, -0.2) is 15.0 Å². The summed E-state index contributed by atoms with van der Waals surface area (Å²) in [6, 6.07) is 9.09. The summed E-state index contributed by atoms with van der Waals surface area (Å²) in [4.78, 5) is 30.7. The van der Waals surface area contributed by atoms with Gasteiger partial charge in [-0.3, -0.25) is 4.79 Å². The highest BCUT2D eigenvalue weighted by Crippen LogP contribution is 2.39. The number of halogens is 1. The Balaban J connectivity index is 1.67. The van der Waals surface area contributed by atoms with Crippen molar-refractivity contribution in [1.29, 1.82) is 0 Å². The molecule has 1 aliphatic carbocycles. The van der Waals surface area contributed by atoms with Crippen molar-refractivity contribution in [2.75, 3.05) is 11.4 Å². The van der Waals surface area contributed by atoms with E-state index >= 15 is 0 Å². The topological polar surface area (TPSA) is 74.8 Å². The average Bonchev–Trinajstić information content (AvgIpc) is 3.44. The Morgan fingerprint density at radius 1 is 1.24 bits per heavy atom. The van der Waals surface area contributed by atoms with E-state index in [2.05, 4.69) is 19.9 Å². The van der Waals surface area contributed by atoms with Crippen LogP contribution in [0.15, 0.2) is 35.1 Å². The SMILES string of the molecule is CCN(Cc1nc2ccccc2c(=O)[nH]1)c1cc(Cl)nc(C2CC2)n1. The van der Waals surface area contributed by atoms with Crippen molar-refractivity contribution in [2.24, 2.45) is 0 Å². The Bertz CT molecular complexity index is 983. The smallest absolute Gasteiger partial charge is 0.258 e. The molecule has 0 unspecified atom stereocenters. The van der Waals surface area contributed by atoms with Gasteiger partial charge >= 0.3 is 0 Å². The molecule has 0 atom stereocenters. The maximum atomic E-state index is 12.3. The van der Waals surface area contributed by atoms with Gasteiger partial charge in [0.25, 0.3) is 5.56 Å². The van der Waals surface area contributed by atoms with Crippen LogP contribution in [0.5, 0.6) is 0 Å². The molecule has 1 fully saturated rings. The van der Waals surface area contributed by atoms with Gasteiger partial charge in [-0.1, -0.05) is 23.7 Å². The second kappa shape index (κ2) is 6.44. The molecule has 0 spiro atoms. The van der Waals surface area contributed by atoms with Gasteiger partial charge in [0.15, 0.2) is 0 Å². The normalized spacial score (nSPS) is 14.0. The number of rotatable bonds is 5. The Hall–Kier alpha value is -2.47. The van der Waals surface area contributed by atoms with Crippen molar-refractivity contribution in [3.05, 3.63) is 57.5 Å².